The number of rotatable bonds is 5. The van der Waals surface area contributed by atoms with Crippen molar-refractivity contribution in [3.63, 3.8) is 0 Å². The van der Waals surface area contributed by atoms with Gasteiger partial charge in [0.25, 0.3) is 0 Å². The molecule has 3 amide bonds. The molecule has 3 rings (SSSR count). The fourth-order valence-electron chi connectivity index (χ4n) is 3.85. The summed E-state index contributed by atoms with van der Waals surface area (Å²) in [5.74, 6) is -0.290. The van der Waals surface area contributed by atoms with Crippen molar-refractivity contribution in [3.05, 3.63) is 65.2 Å². The molecule has 2 N–H and O–H groups in total. The lowest BCUT2D eigenvalue weighted by Gasteiger charge is -2.40. The number of hydrogen-bond acceptors (Lipinski definition) is 4. The van der Waals surface area contributed by atoms with Crippen molar-refractivity contribution >= 4 is 17.6 Å². The molecule has 0 radical (unpaired) electrons. The average molecular weight is 395 g/mol. The van der Waals surface area contributed by atoms with Crippen LogP contribution in [0.5, 0.6) is 0 Å². The summed E-state index contributed by atoms with van der Waals surface area (Å²) in [6.45, 7) is 9.75. The van der Waals surface area contributed by atoms with Crippen LogP contribution in [0.25, 0.3) is 0 Å². The summed E-state index contributed by atoms with van der Waals surface area (Å²) in [7, 11) is 0. The Balaban J connectivity index is 1.75. The second kappa shape index (κ2) is 9.56. The van der Waals surface area contributed by atoms with Gasteiger partial charge in [-0.1, -0.05) is 42.5 Å². The number of aryl methyl sites for hydroxylation is 1. The minimum Gasteiger partial charge on any atom is -0.369 e. The number of amides is 3. The standard InChI is InChI=1S/C23H30N4O2/c1-4-24-23(29)25-22(28)21(19-10-6-5-7-11-19)27-15-13-26(14-16-27)20-12-8-9-17(2)18(20)3/h5-12,21H,4,13-16H2,1-3H3,(H2,24,25,28,29)/t21-/m1/s1. The van der Waals surface area contributed by atoms with Crippen LogP contribution in [0.2, 0.25) is 0 Å². The minimum absolute atomic E-state index is 0.290. The average Bonchev–Trinajstić information content (AvgIpc) is 2.72. The van der Waals surface area contributed by atoms with Crippen molar-refractivity contribution in [3.8, 4) is 0 Å². The monoisotopic (exact) mass is 394 g/mol. The van der Waals surface area contributed by atoms with Gasteiger partial charge in [-0.2, -0.15) is 0 Å². The van der Waals surface area contributed by atoms with Gasteiger partial charge in [-0.15, -0.1) is 0 Å². The Hall–Kier alpha value is -2.86. The summed E-state index contributed by atoms with van der Waals surface area (Å²) < 4.78 is 0. The van der Waals surface area contributed by atoms with Crippen molar-refractivity contribution in [1.29, 1.82) is 0 Å². The van der Waals surface area contributed by atoms with Crippen LogP contribution in [0, 0.1) is 13.8 Å². The van der Waals surface area contributed by atoms with E-state index < -0.39 is 12.1 Å². The number of nitrogens with one attached hydrogen (secondary N) is 2. The van der Waals surface area contributed by atoms with Gasteiger partial charge in [-0.05, 0) is 43.5 Å². The molecule has 0 unspecified atom stereocenters. The maximum Gasteiger partial charge on any atom is 0.321 e. The number of benzene rings is 2. The summed E-state index contributed by atoms with van der Waals surface area (Å²) in [6, 6.07) is 15.1. The molecule has 2 aromatic carbocycles. The van der Waals surface area contributed by atoms with Gasteiger partial charge in [0, 0.05) is 38.4 Å². The van der Waals surface area contributed by atoms with Crippen LogP contribution in [0.15, 0.2) is 48.5 Å². The predicted octanol–water partition coefficient (Wildman–Crippen LogP) is 3.01. The zero-order valence-corrected chi connectivity index (χ0v) is 17.4. The molecule has 1 aliphatic rings. The van der Waals surface area contributed by atoms with Crippen LogP contribution >= 0.6 is 0 Å². The second-order valence-corrected chi connectivity index (χ2v) is 7.40. The zero-order valence-electron chi connectivity index (χ0n) is 17.4. The fraction of sp³-hybridized carbons (Fsp3) is 0.391. The summed E-state index contributed by atoms with van der Waals surface area (Å²) >= 11 is 0. The van der Waals surface area contributed by atoms with Gasteiger partial charge in [0.2, 0.25) is 5.91 Å². The first kappa shape index (κ1) is 20.9. The lowest BCUT2D eigenvalue weighted by atomic mass is 10.0. The van der Waals surface area contributed by atoms with Gasteiger partial charge in [0.05, 0.1) is 0 Å². The van der Waals surface area contributed by atoms with E-state index in [0.29, 0.717) is 6.54 Å². The Labute approximate surface area is 172 Å². The molecule has 6 nitrogen and oxygen atoms in total. The minimum atomic E-state index is -0.487. The molecule has 0 saturated carbocycles. The van der Waals surface area contributed by atoms with E-state index >= 15 is 0 Å². The van der Waals surface area contributed by atoms with E-state index in [1.807, 2.05) is 37.3 Å². The normalized spacial score (nSPS) is 15.6. The molecular weight excluding hydrogens is 364 g/mol. The first-order valence-electron chi connectivity index (χ1n) is 10.2. The number of carbonyl (C=O) groups excluding carboxylic acids is 2. The first-order chi connectivity index (χ1) is 14.0. The molecule has 1 heterocycles. The van der Waals surface area contributed by atoms with Crippen LogP contribution in [0.3, 0.4) is 0 Å². The third-order valence-corrected chi connectivity index (χ3v) is 5.53. The van der Waals surface area contributed by atoms with Gasteiger partial charge in [0.1, 0.15) is 6.04 Å². The molecule has 2 aromatic rings. The van der Waals surface area contributed by atoms with E-state index in [1.54, 1.807) is 0 Å². The Kier molecular flexibility index (Phi) is 6.88. The maximum atomic E-state index is 13.0. The lowest BCUT2D eigenvalue weighted by Crippen LogP contribution is -2.52. The summed E-state index contributed by atoms with van der Waals surface area (Å²) in [4.78, 5) is 29.4. The molecule has 1 aliphatic heterocycles. The second-order valence-electron chi connectivity index (χ2n) is 7.40. The number of piperazine rings is 1. The smallest absolute Gasteiger partial charge is 0.321 e. The van der Waals surface area contributed by atoms with Gasteiger partial charge >= 0.3 is 6.03 Å². The number of nitrogens with zero attached hydrogens (tertiary/aromatic N) is 2. The van der Waals surface area contributed by atoms with Gasteiger partial charge < -0.3 is 10.2 Å². The van der Waals surface area contributed by atoms with E-state index in [0.717, 1.165) is 31.7 Å². The summed E-state index contributed by atoms with van der Waals surface area (Å²) in [5.41, 5.74) is 4.74. The van der Waals surface area contributed by atoms with E-state index in [2.05, 4.69) is 52.5 Å². The van der Waals surface area contributed by atoms with E-state index in [9.17, 15) is 9.59 Å². The fourth-order valence-corrected chi connectivity index (χ4v) is 3.85. The van der Waals surface area contributed by atoms with Crippen LogP contribution in [0.4, 0.5) is 10.5 Å². The molecule has 0 bridgehead atoms. The maximum absolute atomic E-state index is 13.0. The molecule has 0 spiro atoms. The van der Waals surface area contributed by atoms with E-state index in [-0.39, 0.29) is 5.91 Å². The molecule has 0 aliphatic carbocycles. The molecule has 1 fully saturated rings. The molecule has 1 atom stereocenters. The Morgan fingerprint density at radius 3 is 2.31 bits per heavy atom. The van der Waals surface area contributed by atoms with Crippen LogP contribution in [0.1, 0.15) is 29.7 Å². The van der Waals surface area contributed by atoms with E-state index in [4.69, 9.17) is 0 Å². The highest BCUT2D eigenvalue weighted by Crippen LogP contribution is 2.27. The predicted molar refractivity (Wildman–Crippen MR) is 116 cm³/mol. The van der Waals surface area contributed by atoms with Crippen molar-refractivity contribution in [2.75, 3.05) is 37.6 Å². The third kappa shape index (κ3) is 4.95. The van der Waals surface area contributed by atoms with Crippen molar-refractivity contribution in [2.45, 2.75) is 26.8 Å². The highest BCUT2D eigenvalue weighted by molar-refractivity contribution is 5.97. The Bertz CT molecular complexity index is 845. The molecule has 154 valence electrons. The van der Waals surface area contributed by atoms with Crippen molar-refractivity contribution in [2.24, 2.45) is 0 Å². The number of urea groups is 1. The topological polar surface area (TPSA) is 64.7 Å². The molecule has 1 saturated heterocycles. The van der Waals surface area contributed by atoms with Gasteiger partial charge in [0.15, 0.2) is 0 Å². The third-order valence-electron chi connectivity index (χ3n) is 5.53. The number of carbonyl (C=O) groups is 2. The molecule has 6 heteroatoms. The lowest BCUT2D eigenvalue weighted by molar-refractivity contribution is -0.125. The van der Waals surface area contributed by atoms with Gasteiger partial charge in [-0.3, -0.25) is 15.0 Å². The molecular formula is C23H30N4O2. The Morgan fingerprint density at radius 1 is 0.966 bits per heavy atom. The molecule has 0 aromatic heterocycles. The molecule has 29 heavy (non-hydrogen) atoms. The van der Waals surface area contributed by atoms with Crippen molar-refractivity contribution in [1.82, 2.24) is 15.5 Å². The SMILES string of the molecule is CCNC(=O)NC(=O)[C@@H](c1ccccc1)N1CCN(c2cccc(C)c2C)CC1. The quantitative estimate of drug-likeness (QED) is 0.818. The van der Waals surface area contributed by atoms with Crippen LogP contribution < -0.4 is 15.5 Å². The highest BCUT2D eigenvalue weighted by atomic mass is 16.2. The summed E-state index contributed by atoms with van der Waals surface area (Å²) in [5, 5.41) is 5.12. The van der Waals surface area contributed by atoms with Crippen LogP contribution in [-0.2, 0) is 4.79 Å². The van der Waals surface area contributed by atoms with Crippen molar-refractivity contribution < 1.29 is 9.59 Å². The van der Waals surface area contributed by atoms with E-state index in [1.165, 1.54) is 16.8 Å². The van der Waals surface area contributed by atoms with Gasteiger partial charge in [-0.25, -0.2) is 4.79 Å². The van der Waals surface area contributed by atoms with Crippen LogP contribution in [-0.4, -0.2) is 49.6 Å². The number of hydrogen-bond donors (Lipinski definition) is 2. The largest absolute Gasteiger partial charge is 0.369 e. The zero-order chi connectivity index (χ0) is 20.8. The first-order valence-corrected chi connectivity index (χ1v) is 10.2. The highest BCUT2D eigenvalue weighted by Gasteiger charge is 2.31. The number of anilines is 1. The Morgan fingerprint density at radius 2 is 1.66 bits per heavy atom. The summed E-state index contributed by atoms with van der Waals surface area (Å²) in [6.07, 6.45) is 0. The number of imide groups is 1.